The monoisotopic (exact) mass is 263 g/mol. The third-order valence-electron chi connectivity index (χ3n) is 3.20. The Hall–Kier alpha value is -1.69. The zero-order valence-corrected chi connectivity index (χ0v) is 11.4. The quantitative estimate of drug-likeness (QED) is 0.609. The molecule has 19 heavy (non-hydrogen) atoms. The molecule has 1 fully saturated rings. The van der Waals surface area contributed by atoms with E-state index < -0.39 is 0 Å². The van der Waals surface area contributed by atoms with Crippen molar-refractivity contribution in [3.63, 3.8) is 0 Å². The minimum Gasteiger partial charge on any atom is -0.462 e. The van der Waals surface area contributed by atoms with Crippen molar-refractivity contribution in [2.45, 2.75) is 26.2 Å². The molecule has 0 saturated carbocycles. The van der Waals surface area contributed by atoms with Gasteiger partial charge in [-0.3, -0.25) is 10.3 Å². The average Bonchev–Trinajstić information content (AvgIpc) is 2.39. The van der Waals surface area contributed by atoms with Crippen molar-refractivity contribution in [3.8, 4) is 6.01 Å². The van der Waals surface area contributed by atoms with Gasteiger partial charge in [0.25, 0.3) is 0 Å². The third-order valence-corrected chi connectivity index (χ3v) is 3.20. The third kappa shape index (κ3) is 4.17. The summed E-state index contributed by atoms with van der Waals surface area (Å²) in [5.41, 5.74) is 6.60. The largest absolute Gasteiger partial charge is 0.462 e. The minimum absolute atomic E-state index is 0.0635. The maximum absolute atomic E-state index is 7.39. The van der Waals surface area contributed by atoms with Gasteiger partial charge in [0.1, 0.15) is 18.1 Å². The highest BCUT2D eigenvalue weighted by molar-refractivity contribution is 5.93. The summed E-state index contributed by atoms with van der Waals surface area (Å²) >= 11 is 0. The van der Waals surface area contributed by atoms with Gasteiger partial charge in [0.15, 0.2) is 0 Å². The first-order valence-corrected chi connectivity index (χ1v) is 6.70. The molecule has 104 valence electrons. The van der Waals surface area contributed by atoms with Gasteiger partial charge in [-0.2, -0.15) is 4.98 Å². The van der Waals surface area contributed by atoms with Gasteiger partial charge in [-0.1, -0.05) is 6.42 Å². The molecule has 2 rings (SSSR count). The summed E-state index contributed by atoms with van der Waals surface area (Å²) < 4.78 is 5.56. The van der Waals surface area contributed by atoms with Gasteiger partial charge in [0.05, 0.1) is 0 Å². The predicted octanol–water partition coefficient (Wildman–Crippen LogP) is 0.934. The van der Waals surface area contributed by atoms with E-state index in [4.69, 9.17) is 15.9 Å². The number of amidine groups is 1. The lowest BCUT2D eigenvalue weighted by atomic mass is 10.1. The maximum Gasteiger partial charge on any atom is 0.317 e. The van der Waals surface area contributed by atoms with Crippen LogP contribution in [0.1, 0.15) is 30.7 Å². The van der Waals surface area contributed by atoms with Gasteiger partial charge < -0.3 is 10.5 Å². The van der Waals surface area contributed by atoms with Gasteiger partial charge in [-0.25, -0.2) is 4.98 Å². The first-order valence-electron chi connectivity index (χ1n) is 6.70. The Balaban J connectivity index is 1.86. The standard InChI is InChI=1S/C13H21N5O/c1-10-9-11(12(14)15)17-13(16-10)19-8-7-18-5-3-2-4-6-18/h9H,2-8H2,1H3,(H3,14,15). The highest BCUT2D eigenvalue weighted by Crippen LogP contribution is 2.09. The zero-order valence-electron chi connectivity index (χ0n) is 11.4. The molecular formula is C13H21N5O. The molecule has 0 atom stereocenters. The molecule has 1 aliphatic heterocycles. The second-order valence-electron chi connectivity index (χ2n) is 4.84. The summed E-state index contributed by atoms with van der Waals surface area (Å²) in [6.45, 7) is 5.60. The van der Waals surface area contributed by atoms with Crippen molar-refractivity contribution in [3.05, 3.63) is 17.5 Å². The molecule has 6 nitrogen and oxygen atoms in total. The van der Waals surface area contributed by atoms with E-state index in [9.17, 15) is 0 Å². The van der Waals surface area contributed by atoms with Crippen molar-refractivity contribution in [2.24, 2.45) is 5.73 Å². The lowest BCUT2D eigenvalue weighted by Crippen LogP contribution is -2.33. The van der Waals surface area contributed by atoms with Gasteiger partial charge in [-0.05, 0) is 38.9 Å². The fourth-order valence-electron chi connectivity index (χ4n) is 2.19. The van der Waals surface area contributed by atoms with Crippen LogP contribution in [-0.2, 0) is 0 Å². The molecule has 1 aromatic rings. The summed E-state index contributed by atoms with van der Waals surface area (Å²) in [6, 6.07) is 1.99. The minimum atomic E-state index is -0.0635. The molecule has 0 aliphatic carbocycles. The van der Waals surface area contributed by atoms with Gasteiger partial charge in [-0.15, -0.1) is 0 Å². The number of rotatable bonds is 5. The van der Waals surface area contributed by atoms with Crippen molar-refractivity contribution >= 4 is 5.84 Å². The number of piperidine rings is 1. The van der Waals surface area contributed by atoms with E-state index in [0.717, 1.165) is 25.3 Å². The van der Waals surface area contributed by atoms with Crippen LogP contribution in [0.4, 0.5) is 0 Å². The average molecular weight is 263 g/mol. The van der Waals surface area contributed by atoms with Crippen LogP contribution in [0.2, 0.25) is 0 Å². The van der Waals surface area contributed by atoms with Crippen molar-refractivity contribution < 1.29 is 4.74 Å². The van der Waals surface area contributed by atoms with Crippen molar-refractivity contribution in [1.82, 2.24) is 14.9 Å². The number of hydrogen-bond donors (Lipinski definition) is 2. The van der Waals surface area contributed by atoms with E-state index in [0.29, 0.717) is 18.3 Å². The Bertz CT molecular complexity index is 443. The fourth-order valence-corrected chi connectivity index (χ4v) is 2.19. The number of nitrogens with one attached hydrogen (secondary N) is 1. The van der Waals surface area contributed by atoms with Gasteiger partial charge >= 0.3 is 6.01 Å². The van der Waals surface area contributed by atoms with Crippen LogP contribution in [0, 0.1) is 12.3 Å². The number of nitrogens with zero attached hydrogens (tertiary/aromatic N) is 3. The summed E-state index contributed by atoms with van der Waals surface area (Å²) in [4.78, 5) is 10.7. The lowest BCUT2D eigenvalue weighted by Gasteiger charge is -2.25. The lowest BCUT2D eigenvalue weighted by molar-refractivity contribution is 0.177. The molecule has 1 saturated heterocycles. The molecule has 0 aromatic carbocycles. The van der Waals surface area contributed by atoms with E-state index in [1.807, 2.05) is 6.92 Å². The molecular weight excluding hydrogens is 242 g/mol. The van der Waals surface area contributed by atoms with Crippen LogP contribution >= 0.6 is 0 Å². The summed E-state index contributed by atoms with van der Waals surface area (Å²) in [5.74, 6) is -0.0635. The van der Waals surface area contributed by atoms with Crippen LogP contribution in [0.5, 0.6) is 6.01 Å². The second-order valence-corrected chi connectivity index (χ2v) is 4.84. The van der Waals surface area contributed by atoms with E-state index in [1.54, 1.807) is 6.07 Å². The highest BCUT2D eigenvalue weighted by Gasteiger charge is 2.10. The van der Waals surface area contributed by atoms with Crippen LogP contribution in [-0.4, -0.2) is 46.9 Å². The molecule has 1 aromatic heterocycles. The smallest absolute Gasteiger partial charge is 0.317 e. The van der Waals surface area contributed by atoms with Crippen LogP contribution in [0.15, 0.2) is 6.07 Å². The Labute approximate surface area is 113 Å². The molecule has 0 amide bonds. The normalized spacial score (nSPS) is 16.3. The Morgan fingerprint density at radius 1 is 1.37 bits per heavy atom. The molecule has 2 heterocycles. The van der Waals surface area contributed by atoms with Crippen LogP contribution in [0.3, 0.4) is 0 Å². The van der Waals surface area contributed by atoms with Crippen molar-refractivity contribution in [1.29, 1.82) is 5.41 Å². The number of ether oxygens (including phenoxy) is 1. The molecule has 0 radical (unpaired) electrons. The van der Waals surface area contributed by atoms with E-state index >= 15 is 0 Å². The Morgan fingerprint density at radius 3 is 2.79 bits per heavy atom. The van der Waals surface area contributed by atoms with E-state index in [1.165, 1.54) is 19.3 Å². The molecule has 3 N–H and O–H groups in total. The Kier molecular flexibility index (Phi) is 4.68. The SMILES string of the molecule is Cc1cc(C(=N)N)nc(OCCN2CCCCC2)n1. The first kappa shape index (κ1) is 13.7. The maximum atomic E-state index is 7.39. The fraction of sp³-hybridized carbons (Fsp3) is 0.615. The Morgan fingerprint density at radius 2 is 2.11 bits per heavy atom. The number of aryl methyl sites for hydroxylation is 1. The van der Waals surface area contributed by atoms with Gasteiger partial charge in [0, 0.05) is 12.2 Å². The van der Waals surface area contributed by atoms with Crippen LogP contribution in [0.25, 0.3) is 0 Å². The second kappa shape index (κ2) is 6.47. The molecule has 6 heteroatoms. The van der Waals surface area contributed by atoms with Gasteiger partial charge in [0.2, 0.25) is 0 Å². The zero-order chi connectivity index (χ0) is 13.7. The number of nitrogen functional groups attached to an aromatic ring is 1. The number of aromatic nitrogens is 2. The van der Waals surface area contributed by atoms with E-state index in [-0.39, 0.29) is 5.84 Å². The van der Waals surface area contributed by atoms with Crippen molar-refractivity contribution in [2.75, 3.05) is 26.2 Å². The first-order chi connectivity index (χ1) is 9.15. The molecule has 0 bridgehead atoms. The molecule has 1 aliphatic rings. The predicted molar refractivity (Wildman–Crippen MR) is 73.6 cm³/mol. The topological polar surface area (TPSA) is 88.1 Å². The van der Waals surface area contributed by atoms with Crippen LogP contribution < -0.4 is 10.5 Å². The summed E-state index contributed by atoms with van der Waals surface area (Å²) in [6.07, 6.45) is 3.88. The number of likely N-dealkylation sites (tertiary alicyclic amines) is 1. The summed E-state index contributed by atoms with van der Waals surface area (Å²) in [5, 5.41) is 7.39. The molecule has 0 spiro atoms. The number of hydrogen-bond acceptors (Lipinski definition) is 5. The highest BCUT2D eigenvalue weighted by atomic mass is 16.5. The molecule has 0 unspecified atom stereocenters. The summed E-state index contributed by atoms with van der Waals surface area (Å²) in [7, 11) is 0. The number of nitrogens with two attached hydrogens (primary N) is 1. The van der Waals surface area contributed by atoms with E-state index in [2.05, 4.69) is 14.9 Å².